The van der Waals surface area contributed by atoms with Crippen molar-refractivity contribution in [3.8, 4) is 0 Å². The van der Waals surface area contributed by atoms with E-state index in [1.807, 2.05) is 6.08 Å². The second-order valence-corrected chi connectivity index (χ2v) is 6.77. The van der Waals surface area contributed by atoms with Crippen molar-refractivity contribution < 1.29 is 0 Å². The minimum atomic E-state index is 1.09. The topological polar surface area (TPSA) is 0 Å². The Kier molecular flexibility index (Phi) is 16.1. The molecule has 0 aliphatic heterocycles. The predicted octanol–water partition coefficient (Wildman–Crippen LogP) is 8.21. The highest BCUT2D eigenvalue weighted by Gasteiger charge is 1.93. The summed E-state index contributed by atoms with van der Waals surface area (Å²) < 4.78 is 0. The van der Waals surface area contributed by atoms with E-state index in [1.165, 1.54) is 77.0 Å². The van der Waals surface area contributed by atoms with Crippen LogP contribution in [0.25, 0.3) is 0 Å². The van der Waals surface area contributed by atoms with Gasteiger partial charge in [0.2, 0.25) is 0 Å². The number of rotatable bonds is 0. The first kappa shape index (κ1) is 21.5. The van der Waals surface area contributed by atoms with E-state index in [0.717, 1.165) is 6.42 Å². The molecule has 0 fully saturated rings. The zero-order chi connectivity index (χ0) is 17.7. The molecule has 0 atom stereocenters. The van der Waals surface area contributed by atoms with Gasteiger partial charge in [-0.3, -0.25) is 0 Å². The van der Waals surface area contributed by atoms with Gasteiger partial charge in [0.05, 0.1) is 0 Å². The molecular formula is C25H37. The number of hydrogen-bond donors (Lipinski definition) is 0. The molecule has 1 aliphatic carbocycles. The molecule has 25 heavy (non-hydrogen) atoms. The first-order valence-electron chi connectivity index (χ1n) is 10.4. The molecule has 0 saturated carbocycles. The normalized spacial score (nSPS) is 27.8. The van der Waals surface area contributed by atoms with Gasteiger partial charge in [0.25, 0.3) is 0 Å². The molecule has 0 unspecified atom stereocenters. The average molecular weight is 338 g/mol. The minimum Gasteiger partial charge on any atom is -0.0845 e. The molecular weight excluding hydrogens is 300 g/mol. The summed E-state index contributed by atoms with van der Waals surface area (Å²) in [4.78, 5) is 0. The Morgan fingerprint density at radius 3 is 1.44 bits per heavy atom. The van der Waals surface area contributed by atoms with Crippen LogP contribution in [0.2, 0.25) is 0 Å². The summed E-state index contributed by atoms with van der Waals surface area (Å²) in [7, 11) is 0. The molecule has 0 heterocycles. The lowest BCUT2D eigenvalue weighted by Gasteiger charge is -2.02. The summed E-state index contributed by atoms with van der Waals surface area (Å²) in [5.74, 6) is 0. The van der Waals surface area contributed by atoms with E-state index in [0.29, 0.717) is 0 Å². The lowest BCUT2D eigenvalue weighted by molar-refractivity contribution is 0.547. The molecule has 0 bridgehead atoms. The van der Waals surface area contributed by atoms with Crippen LogP contribution in [0.15, 0.2) is 66.8 Å². The van der Waals surface area contributed by atoms with Gasteiger partial charge in [0, 0.05) is 0 Å². The van der Waals surface area contributed by atoms with Crippen molar-refractivity contribution in [2.75, 3.05) is 0 Å². The fourth-order valence-corrected chi connectivity index (χ4v) is 2.91. The summed E-state index contributed by atoms with van der Waals surface area (Å²) in [6.45, 7) is 0. The lowest BCUT2D eigenvalue weighted by atomic mass is 10.0. The van der Waals surface area contributed by atoms with Crippen LogP contribution in [0, 0.1) is 6.08 Å². The van der Waals surface area contributed by atoms with Crippen molar-refractivity contribution in [2.45, 2.75) is 83.5 Å². The third-order valence-electron chi connectivity index (χ3n) is 4.43. The standard InChI is InChI=1S/C25H37/c1-2-4-6-8-10-12-14-16-18-20-22-24-25-23-21-19-17-15-13-11-9-7-5-3-1/h1-11H,12,14-25H2/b2-1-,5-3-,6-4+,9-7+,10-8-,13-11?. The van der Waals surface area contributed by atoms with Crippen molar-refractivity contribution in [1.29, 1.82) is 0 Å². The molecule has 1 radical (unpaired) electrons. The zero-order valence-corrected chi connectivity index (χ0v) is 16.0. The van der Waals surface area contributed by atoms with Crippen LogP contribution >= 0.6 is 0 Å². The Morgan fingerprint density at radius 1 is 0.400 bits per heavy atom. The van der Waals surface area contributed by atoms with Crippen LogP contribution < -0.4 is 0 Å². The summed E-state index contributed by atoms with van der Waals surface area (Å²) >= 11 is 0. The minimum absolute atomic E-state index is 1.09. The van der Waals surface area contributed by atoms with Gasteiger partial charge in [-0.1, -0.05) is 125 Å². The third kappa shape index (κ3) is 17.1. The molecule has 0 amide bonds. The van der Waals surface area contributed by atoms with Gasteiger partial charge in [-0.05, 0) is 31.8 Å². The van der Waals surface area contributed by atoms with Gasteiger partial charge in [-0.15, -0.1) is 0 Å². The van der Waals surface area contributed by atoms with Crippen molar-refractivity contribution in [3.05, 3.63) is 72.9 Å². The van der Waals surface area contributed by atoms with E-state index < -0.39 is 0 Å². The Balaban J connectivity index is 2.30. The quantitative estimate of drug-likeness (QED) is 0.417. The van der Waals surface area contributed by atoms with Crippen LogP contribution in [0.1, 0.15) is 83.5 Å². The highest BCUT2D eigenvalue weighted by Crippen LogP contribution is 2.12. The van der Waals surface area contributed by atoms with E-state index in [1.54, 1.807) is 0 Å². The van der Waals surface area contributed by atoms with E-state index in [9.17, 15) is 0 Å². The van der Waals surface area contributed by atoms with Gasteiger partial charge >= 0.3 is 0 Å². The molecule has 0 aromatic heterocycles. The smallest absolute Gasteiger partial charge is 0.0276 e. The van der Waals surface area contributed by atoms with Gasteiger partial charge < -0.3 is 0 Å². The maximum absolute atomic E-state index is 3.36. The largest absolute Gasteiger partial charge is 0.0845 e. The molecule has 1 aliphatic rings. The second-order valence-electron chi connectivity index (χ2n) is 6.77. The van der Waals surface area contributed by atoms with Crippen molar-refractivity contribution >= 4 is 0 Å². The van der Waals surface area contributed by atoms with Crippen molar-refractivity contribution in [1.82, 2.24) is 0 Å². The van der Waals surface area contributed by atoms with E-state index in [4.69, 9.17) is 0 Å². The monoisotopic (exact) mass is 337 g/mol. The van der Waals surface area contributed by atoms with Gasteiger partial charge in [0.15, 0.2) is 0 Å². The van der Waals surface area contributed by atoms with Crippen LogP contribution in [-0.4, -0.2) is 0 Å². The van der Waals surface area contributed by atoms with E-state index in [-0.39, 0.29) is 0 Å². The highest BCUT2D eigenvalue weighted by atomic mass is 14.0. The fraction of sp³-hybridized carbons (Fsp3) is 0.520. The summed E-state index contributed by atoms with van der Waals surface area (Å²) in [6.07, 6.45) is 44.0. The second kappa shape index (κ2) is 18.8. The molecule has 137 valence electrons. The van der Waals surface area contributed by atoms with Crippen molar-refractivity contribution in [2.24, 2.45) is 0 Å². The SMILES string of the molecule is [C]1=C/C=C/C=C\C=C/C=C/C=C\CCCCCCCCCCCCC/1. The summed E-state index contributed by atoms with van der Waals surface area (Å²) in [5, 5.41) is 0. The molecule has 0 N–H and O–H groups in total. The Hall–Kier alpha value is -1.56. The molecule has 0 nitrogen and oxygen atoms in total. The highest BCUT2D eigenvalue weighted by molar-refractivity contribution is 5.19. The van der Waals surface area contributed by atoms with E-state index >= 15 is 0 Å². The van der Waals surface area contributed by atoms with Crippen LogP contribution in [0.5, 0.6) is 0 Å². The maximum atomic E-state index is 3.36. The summed E-state index contributed by atoms with van der Waals surface area (Å²) in [6, 6.07) is 0. The van der Waals surface area contributed by atoms with Crippen LogP contribution in [-0.2, 0) is 0 Å². The Labute approximate surface area is 156 Å². The first-order valence-corrected chi connectivity index (χ1v) is 10.4. The number of hydrogen-bond acceptors (Lipinski definition) is 0. The maximum Gasteiger partial charge on any atom is -0.0276 e. The Bertz CT molecular complexity index is 401. The molecule has 1 rings (SSSR count). The first-order chi connectivity index (χ1) is 12.5. The lowest BCUT2D eigenvalue weighted by Crippen LogP contribution is -1.82. The van der Waals surface area contributed by atoms with Crippen LogP contribution in [0.4, 0.5) is 0 Å². The zero-order valence-electron chi connectivity index (χ0n) is 16.0. The molecule has 0 aromatic carbocycles. The van der Waals surface area contributed by atoms with E-state index in [2.05, 4.69) is 66.8 Å². The molecule has 0 saturated heterocycles. The fourth-order valence-electron chi connectivity index (χ4n) is 2.91. The molecule has 0 aromatic rings. The van der Waals surface area contributed by atoms with Gasteiger partial charge in [-0.25, -0.2) is 0 Å². The Morgan fingerprint density at radius 2 is 0.840 bits per heavy atom. The average Bonchev–Trinajstić information content (AvgIpc) is 2.62. The predicted molar refractivity (Wildman–Crippen MR) is 114 cm³/mol. The molecule has 0 spiro atoms. The third-order valence-corrected chi connectivity index (χ3v) is 4.43. The van der Waals surface area contributed by atoms with Crippen LogP contribution in [0.3, 0.4) is 0 Å². The van der Waals surface area contributed by atoms with Crippen molar-refractivity contribution in [3.63, 3.8) is 0 Å². The number of allylic oxidation sites excluding steroid dienone is 12. The summed E-state index contributed by atoms with van der Waals surface area (Å²) in [5.41, 5.74) is 0. The molecule has 0 heteroatoms. The van der Waals surface area contributed by atoms with Gasteiger partial charge in [-0.2, -0.15) is 0 Å². The van der Waals surface area contributed by atoms with Gasteiger partial charge in [0.1, 0.15) is 0 Å².